The van der Waals surface area contributed by atoms with E-state index in [1.807, 2.05) is 25.2 Å². The summed E-state index contributed by atoms with van der Waals surface area (Å²) in [5, 5.41) is 24.1. The van der Waals surface area contributed by atoms with Crippen molar-refractivity contribution in [3.8, 4) is 5.75 Å². The Morgan fingerprint density at radius 2 is 1.98 bits per heavy atom. The number of aromatic nitrogens is 5. The summed E-state index contributed by atoms with van der Waals surface area (Å²) < 4.78 is 41.0. The monoisotopic (exact) mass is 614 g/mol. The average molecular weight is 615 g/mol. The molecule has 2 N–H and O–H groups in total. The van der Waals surface area contributed by atoms with E-state index < -0.39 is 12.3 Å². The number of hydrogen-bond donors (Lipinski definition) is 2. The van der Waals surface area contributed by atoms with E-state index in [1.54, 1.807) is 35.7 Å². The first-order valence-electron chi connectivity index (χ1n) is 13.3. The Morgan fingerprint density at radius 3 is 2.65 bits per heavy atom. The smallest absolute Gasteiger partial charge is 0.406 e. The quantitative estimate of drug-likeness (QED) is 0.256. The topological polar surface area (TPSA) is 135 Å². The van der Waals surface area contributed by atoms with Crippen LogP contribution in [-0.2, 0) is 22.4 Å². The second-order valence-electron chi connectivity index (χ2n) is 9.37. The van der Waals surface area contributed by atoms with E-state index in [0.717, 1.165) is 48.1 Å². The van der Waals surface area contributed by atoms with Crippen molar-refractivity contribution in [1.29, 1.82) is 0 Å². The summed E-state index contributed by atoms with van der Waals surface area (Å²) >= 11 is 1.54. The molecule has 1 unspecified atom stereocenters. The fourth-order valence-corrected chi connectivity index (χ4v) is 5.10. The van der Waals surface area contributed by atoms with Gasteiger partial charge in [-0.25, -0.2) is 0 Å². The molecule has 3 aromatic heterocycles. The van der Waals surface area contributed by atoms with E-state index >= 15 is 0 Å². The summed E-state index contributed by atoms with van der Waals surface area (Å²) in [7, 11) is 1.81. The van der Waals surface area contributed by atoms with Gasteiger partial charge in [0.25, 0.3) is 0 Å². The summed E-state index contributed by atoms with van der Waals surface area (Å²) in [6.45, 7) is 1.58. The largest absolute Gasteiger partial charge is 0.573 e. The Kier molecular flexibility index (Phi) is 10.9. The Labute approximate surface area is 249 Å². The van der Waals surface area contributed by atoms with Crippen LogP contribution in [0.3, 0.4) is 0 Å². The lowest BCUT2D eigenvalue weighted by atomic mass is 9.99. The second-order valence-corrected chi connectivity index (χ2v) is 10.4. The molecule has 11 nitrogen and oxygen atoms in total. The van der Waals surface area contributed by atoms with Crippen LogP contribution in [0.15, 0.2) is 60.8 Å². The molecule has 1 atom stereocenters. The molecule has 1 saturated heterocycles. The van der Waals surface area contributed by atoms with Crippen molar-refractivity contribution >= 4 is 40.3 Å². The zero-order valence-electron chi connectivity index (χ0n) is 23.1. The number of nitrogens with zero attached hydrogens (tertiary/aromatic N) is 6. The molecular weight excluding hydrogens is 585 g/mol. The molecule has 4 heterocycles. The zero-order chi connectivity index (χ0) is 30.7. The van der Waals surface area contributed by atoms with E-state index in [9.17, 15) is 22.8 Å². The first kappa shape index (κ1) is 31.3. The van der Waals surface area contributed by atoms with Gasteiger partial charge in [-0.15, -0.1) is 33.6 Å². The molecule has 0 aliphatic carbocycles. The average Bonchev–Trinajstić information content (AvgIpc) is 3.48. The lowest BCUT2D eigenvalue weighted by Crippen LogP contribution is -2.35. The molecule has 0 saturated carbocycles. The standard InChI is InChI=1S/C21H22F3N7O2S.C7H7NO/c1-25-20-30-29-19(34-20)14-5-3-9-31(12-14)17-8-7-16(27-28-17)26-18(32)11-13-4-2-6-15(10-13)33-21(22,23)24;9-6-4-7-3-1-2-5-8-7/h2,4,6-8,10,14H,3,5,9,11-12H2,1H3,(H,25,30)(H,26,27,32);1-3,5-6H,4H2. The molecule has 5 rings (SSSR count). The van der Waals surface area contributed by atoms with Crippen LogP contribution < -0.4 is 20.3 Å². The number of aldehydes is 1. The number of alkyl halides is 3. The first-order chi connectivity index (χ1) is 20.7. The van der Waals surface area contributed by atoms with Crippen molar-refractivity contribution in [2.24, 2.45) is 0 Å². The van der Waals surface area contributed by atoms with Gasteiger partial charge in [0.05, 0.1) is 6.42 Å². The Hall–Kier alpha value is -4.66. The minimum absolute atomic E-state index is 0.136. The number of ether oxygens (including phenoxy) is 1. The van der Waals surface area contributed by atoms with Gasteiger partial charge in [0.1, 0.15) is 17.0 Å². The van der Waals surface area contributed by atoms with Crippen molar-refractivity contribution < 1.29 is 27.5 Å². The molecule has 1 amide bonds. The normalized spacial score (nSPS) is 14.7. The Morgan fingerprint density at radius 1 is 1.12 bits per heavy atom. The van der Waals surface area contributed by atoms with Gasteiger partial charge in [-0.05, 0) is 54.8 Å². The predicted octanol–water partition coefficient (Wildman–Crippen LogP) is 4.66. The molecule has 15 heteroatoms. The highest BCUT2D eigenvalue weighted by Crippen LogP contribution is 2.32. The van der Waals surface area contributed by atoms with E-state index in [4.69, 9.17) is 0 Å². The molecular formula is C28H29F3N8O3S. The summed E-state index contributed by atoms with van der Waals surface area (Å²) in [4.78, 5) is 28.3. The number of pyridine rings is 1. The fourth-order valence-electron chi connectivity index (χ4n) is 4.28. The van der Waals surface area contributed by atoms with Crippen molar-refractivity contribution in [1.82, 2.24) is 25.4 Å². The minimum Gasteiger partial charge on any atom is -0.406 e. The highest BCUT2D eigenvalue weighted by Gasteiger charge is 2.31. The number of carbonyl (C=O) groups excluding carboxylic acids is 2. The van der Waals surface area contributed by atoms with Gasteiger partial charge in [0.15, 0.2) is 11.6 Å². The maximum Gasteiger partial charge on any atom is 0.573 e. The number of nitrogens with one attached hydrogen (secondary N) is 2. The molecule has 1 aliphatic rings. The number of benzene rings is 1. The Bertz CT molecular complexity index is 1470. The third-order valence-electron chi connectivity index (χ3n) is 6.18. The lowest BCUT2D eigenvalue weighted by Gasteiger charge is -2.32. The third-order valence-corrected chi connectivity index (χ3v) is 7.29. The molecule has 4 aromatic rings. The minimum atomic E-state index is -4.79. The van der Waals surface area contributed by atoms with Gasteiger partial charge < -0.3 is 25.1 Å². The number of anilines is 3. The number of rotatable bonds is 9. The zero-order valence-corrected chi connectivity index (χ0v) is 23.9. The Balaban J connectivity index is 0.000000403. The van der Waals surface area contributed by atoms with Crippen LogP contribution in [0.4, 0.5) is 29.9 Å². The molecule has 1 aliphatic heterocycles. The number of piperidine rings is 1. The molecule has 0 spiro atoms. The summed E-state index contributed by atoms with van der Waals surface area (Å²) in [5.41, 5.74) is 1.20. The van der Waals surface area contributed by atoms with Gasteiger partial charge in [0.2, 0.25) is 11.0 Å². The van der Waals surface area contributed by atoms with Crippen LogP contribution in [0.2, 0.25) is 0 Å². The van der Waals surface area contributed by atoms with E-state index in [-0.39, 0.29) is 23.9 Å². The lowest BCUT2D eigenvalue weighted by molar-refractivity contribution is -0.274. The molecule has 0 bridgehead atoms. The van der Waals surface area contributed by atoms with E-state index in [1.165, 1.54) is 18.2 Å². The maximum absolute atomic E-state index is 12.4. The second kappa shape index (κ2) is 15.0. The van der Waals surface area contributed by atoms with Crippen LogP contribution >= 0.6 is 11.3 Å². The van der Waals surface area contributed by atoms with E-state index in [0.29, 0.717) is 17.8 Å². The van der Waals surface area contributed by atoms with Crippen molar-refractivity contribution in [3.63, 3.8) is 0 Å². The third kappa shape index (κ3) is 9.99. The van der Waals surface area contributed by atoms with Crippen LogP contribution in [0.1, 0.15) is 35.0 Å². The predicted molar refractivity (Wildman–Crippen MR) is 155 cm³/mol. The van der Waals surface area contributed by atoms with Crippen LogP contribution in [0.25, 0.3) is 0 Å². The fraction of sp³-hybridized carbons (Fsp3) is 0.321. The number of hydrogen-bond acceptors (Lipinski definition) is 11. The van der Waals surface area contributed by atoms with Crippen molar-refractivity contribution in [3.05, 3.63) is 77.1 Å². The first-order valence-corrected chi connectivity index (χ1v) is 14.1. The van der Waals surface area contributed by atoms with Gasteiger partial charge in [-0.1, -0.05) is 29.5 Å². The van der Waals surface area contributed by atoms with Gasteiger partial charge in [0, 0.05) is 44.4 Å². The highest BCUT2D eigenvalue weighted by atomic mass is 32.1. The number of carbonyl (C=O) groups is 2. The van der Waals surface area contributed by atoms with Crippen LogP contribution in [-0.4, -0.2) is 64.1 Å². The van der Waals surface area contributed by atoms with Gasteiger partial charge >= 0.3 is 6.36 Å². The number of amides is 1. The SMILES string of the molecule is CNc1nnc(C2CCCN(c3ccc(NC(=O)Cc4cccc(OC(F)(F)F)c4)nn3)C2)s1.O=CCc1ccccn1. The van der Waals surface area contributed by atoms with Gasteiger partial charge in [-0.2, -0.15) is 0 Å². The number of halogens is 3. The molecule has 0 radical (unpaired) electrons. The summed E-state index contributed by atoms with van der Waals surface area (Å²) in [6, 6.07) is 14.2. The molecule has 226 valence electrons. The highest BCUT2D eigenvalue weighted by molar-refractivity contribution is 7.15. The van der Waals surface area contributed by atoms with Crippen LogP contribution in [0.5, 0.6) is 5.75 Å². The van der Waals surface area contributed by atoms with Crippen molar-refractivity contribution in [2.45, 2.75) is 38.0 Å². The molecule has 43 heavy (non-hydrogen) atoms. The van der Waals surface area contributed by atoms with Crippen LogP contribution in [0, 0.1) is 0 Å². The van der Waals surface area contributed by atoms with Crippen molar-refractivity contribution in [2.75, 3.05) is 35.7 Å². The maximum atomic E-state index is 12.4. The van der Waals surface area contributed by atoms with Gasteiger partial charge in [-0.3, -0.25) is 9.78 Å². The molecule has 1 fully saturated rings. The summed E-state index contributed by atoms with van der Waals surface area (Å²) in [5.74, 6) is 0.399. The summed E-state index contributed by atoms with van der Waals surface area (Å²) in [6.07, 6.45) is 0.0201. The molecule has 1 aromatic carbocycles. The van der Waals surface area contributed by atoms with E-state index in [2.05, 4.69) is 45.6 Å².